The van der Waals surface area contributed by atoms with Gasteiger partial charge >= 0.3 is 0 Å². The van der Waals surface area contributed by atoms with Gasteiger partial charge in [0, 0.05) is 31.5 Å². The largest absolute Gasteiger partial charge is 0.326 e. The topological polar surface area (TPSA) is 78.8 Å². The normalized spacial score (nSPS) is 19.7. The van der Waals surface area contributed by atoms with E-state index >= 15 is 0 Å². The highest BCUT2D eigenvalue weighted by Crippen LogP contribution is 2.30. The third-order valence-electron chi connectivity index (χ3n) is 5.07. The zero-order chi connectivity index (χ0) is 18.9. The first-order valence-corrected chi connectivity index (χ1v) is 10.6. The molecule has 2 heterocycles. The minimum atomic E-state index is -3.39. The van der Waals surface area contributed by atoms with Gasteiger partial charge in [-0.2, -0.15) is 0 Å². The molecule has 0 saturated carbocycles. The van der Waals surface area contributed by atoms with E-state index < -0.39 is 15.7 Å². The quantitative estimate of drug-likeness (QED) is 0.876. The minimum Gasteiger partial charge on any atom is -0.326 e. The van der Waals surface area contributed by atoms with Crippen LogP contribution < -0.4 is 5.32 Å². The van der Waals surface area contributed by atoms with Crippen molar-refractivity contribution in [3.05, 3.63) is 71.8 Å². The molecule has 2 aromatic rings. The van der Waals surface area contributed by atoms with Crippen LogP contribution in [0.1, 0.15) is 24.0 Å². The van der Waals surface area contributed by atoms with E-state index in [0.29, 0.717) is 31.6 Å². The zero-order valence-electron chi connectivity index (χ0n) is 14.8. The first-order chi connectivity index (χ1) is 13.0. The van der Waals surface area contributed by atoms with E-state index in [1.54, 1.807) is 0 Å². The maximum absolute atomic E-state index is 12.7. The van der Waals surface area contributed by atoms with Crippen molar-refractivity contribution in [1.29, 1.82) is 0 Å². The van der Waals surface area contributed by atoms with Crippen LogP contribution in [0, 0.1) is 0 Å². The van der Waals surface area contributed by atoms with Crippen molar-refractivity contribution in [2.75, 3.05) is 13.1 Å². The van der Waals surface area contributed by atoms with Gasteiger partial charge in [-0.15, -0.1) is 0 Å². The summed E-state index contributed by atoms with van der Waals surface area (Å²) < 4.78 is 26.9. The van der Waals surface area contributed by atoms with Gasteiger partial charge in [0.15, 0.2) is 0 Å². The lowest BCUT2D eigenvalue weighted by Gasteiger charge is -2.36. The molecule has 140 valence electrons. The molecule has 1 spiro atoms. The zero-order valence-corrected chi connectivity index (χ0v) is 15.7. The summed E-state index contributed by atoms with van der Waals surface area (Å²) >= 11 is 0. The van der Waals surface area contributed by atoms with Crippen LogP contribution in [0.15, 0.2) is 65.7 Å². The maximum Gasteiger partial charge on any atom is 0.272 e. The number of carbonyl (C=O) groups excluding carboxylic acids is 1. The first kappa shape index (κ1) is 17.9. The number of benzene rings is 2. The number of nitrogens with one attached hydrogen (secondary N) is 1. The number of hydrogen-bond acceptors (Lipinski definition) is 4. The number of nitrogens with zero attached hydrogens (tertiary/aromatic N) is 2. The highest BCUT2D eigenvalue weighted by molar-refractivity contribution is 7.88. The summed E-state index contributed by atoms with van der Waals surface area (Å²) in [5.74, 6) is -0.201. The minimum absolute atomic E-state index is 0.00820. The van der Waals surface area contributed by atoms with Gasteiger partial charge in [0.05, 0.1) is 5.75 Å². The van der Waals surface area contributed by atoms with Crippen LogP contribution in [0.3, 0.4) is 0 Å². The summed E-state index contributed by atoms with van der Waals surface area (Å²) in [7, 11) is -3.39. The molecule has 1 amide bonds. The molecule has 1 N–H and O–H groups in total. The van der Waals surface area contributed by atoms with Crippen LogP contribution in [0.5, 0.6) is 0 Å². The third-order valence-corrected chi connectivity index (χ3v) is 6.92. The Bertz CT molecular complexity index is 964. The Morgan fingerprint density at radius 3 is 2.19 bits per heavy atom. The molecular weight excluding hydrogens is 362 g/mol. The van der Waals surface area contributed by atoms with Crippen molar-refractivity contribution in [3.63, 3.8) is 0 Å². The number of rotatable bonds is 4. The molecule has 0 bridgehead atoms. The fourth-order valence-electron chi connectivity index (χ4n) is 3.60. The highest BCUT2D eigenvalue weighted by atomic mass is 32.2. The number of sulfonamides is 1. The fourth-order valence-corrected chi connectivity index (χ4v) is 5.14. The number of carbonyl (C=O) groups is 1. The Morgan fingerprint density at radius 1 is 0.963 bits per heavy atom. The predicted molar refractivity (Wildman–Crippen MR) is 104 cm³/mol. The van der Waals surface area contributed by atoms with E-state index in [1.165, 1.54) is 4.31 Å². The number of aliphatic imine (C=N–C) groups is 1. The molecule has 0 atom stereocenters. The number of piperidine rings is 1. The highest BCUT2D eigenvalue weighted by Gasteiger charge is 2.43. The molecule has 2 aliphatic rings. The second-order valence-corrected chi connectivity index (χ2v) is 8.92. The van der Waals surface area contributed by atoms with Crippen LogP contribution in [-0.4, -0.2) is 43.1 Å². The molecule has 0 unspecified atom stereocenters. The van der Waals surface area contributed by atoms with Gasteiger partial charge in [0.2, 0.25) is 10.0 Å². The Morgan fingerprint density at radius 2 is 1.56 bits per heavy atom. The lowest BCUT2D eigenvalue weighted by molar-refractivity contribution is -0.115. The molecule has 4 rings (SSSR count). The molecule has 2 aromatic carbocycles. The molecule has 2 aliphatic heterocycles. The van der Waals surface area contributed by atoms with E-state index in [-0.39, 0.29) is 11.7 Å². The number of hydrogen-bond donors (Lipinski definition) is 1. The summed E-state index contributed by atoms with van der Waals surface area (Å²) in [6, 6.07) is 18.5. The van der Waals surface area contributed by atoms with Crippen LogP contribution in [-0.2, 0) is 20.6 Å². The van der Waals surface area contributed by atoms with Crippen molar-refractivity contribution >= 4 is 21.6 Å². The van der Waals surface area contributed by atoms with Crippen LogP contribution in [0.25, 0.3) is 0 Å². The van der Waals surface area contributed by atoms with Gasteiger partial charge in [-0.1, -0.05) is 60.7 Å². The monoisotopic (exact) mass is 383 g/mol. The molecule has 0 aliphatic carbocycles. The molecule has 6 nitrogen and oxygen atoms in total. The van der Waals surface area contributed by atoms with E-state index in [0.717, 1.165) is 11.1 Å². The maximum atomic E-state index is 12.7. The van der Waals surface area contributed by atoms with Crippen LogP contribution in [0.2, 0.25) is 0 Å². The SMILES string of the molecule is O=C1NC2(CCN(S(=O)(=O)Cc3ccccc3)CC2)N=C1c1ccccc1. The fraction of sp³-hybridized carbons (Fsp3) is 0.300. The van der Waals surface area contributed by atoms with Crippen molar-refractivity contribution in [1.82, 2.24) is 9.62 Å². The van der Waals surface area contributed by atoms with E-state index in [4.69, 9.17) is 0 Å². The standard InChI is InChI=1S/C20H21N3O3S/c24-19-18(17-9-5-2-6-10-17)21-20(22-19)11-13-23(14-12-20)27(25,26)15-16-7-3-1-4-8-16/h1-10H,11-15H2,(H,22,24). The molecule has 1 fully saturated rings. The Labute approximate surface area is 159 Å². The Hall–Kier alpha value is -2.51. The van der Waals surface area contributed by atoms with Gasteiger partial charge in [0.1, 0.15) is 11.4 Å². The summed E-state index contributed by atoms with van der Waals surface area (Å²) in [6.07, 6.45) is 0.951. The smallest absolute Gasteiger partial charge is 0.272 e. The first-order valence-electron chi connectivity index (χ1n) is 8.97. The van der Waals surface area contributed by atoms with Crippen molar-refractivity contribution in [2.24, 2.45) is 4.99 Å². The van der Waals surface area contributed by atoms with E-state index in [1.807, 2.05) is 60.7 Å². The average Bonchev–Trinajstić information content (AvgIpc) is 2.99. The summed E-state index contributed by atoms with van der Waals surface area (Å²) in [4.78, 5) is 17.1. The third kappa shape index (κ3) is 3.65. The van der Waals surface area contributed by atoms with E-state index in [9.17, 15) is 13.2 Å². The molecule has 27 heavy (non-hydrogen) atoms. The van der Waals surface area contributed by atoms with Gasteiger partial charge in [-0.25, -0.2) is 12.7 Å². The lowest BCUT2D eigenvalue weighted by atomic mass is 10.00. The number of amides is 1. The Kier molecular flexibility index (Phi) is 4.57. The van der Waals surface area contributed by atoms with Gasteiger partial charge in [0.25, 0.3) is 5.91 Å². The van der Waals surface area contributed by atoms with Gasteiger partial charge in [-0.3, -0.25) is 9.79 Å². The summed E-state index contributed by atoms with van der Waals surface area (Å²) in [5.41, 5.74) is 1.29. The second kappa shape index (κ2) is 6.90. The van der Waals surface area contributed by atoms with E-state index in [2.05, 4.69) is 10.3 Å². The van der Waals surface area contributed by atoms with Gasteiger partial charge < -0.3 is 5.32 Å². The summed E-state index contributed by atoms with van der Waals surface area (Å²) in [5, 5.41) is 2.98. The van der Waals surface area contributed by atoms with Crippen LogP contribution in [0.4, 0.5) is 0 Å². The van der Waals surface area contributed by atoms with Crippen LogP contribution >= 0.6 is 0 Å². The summed E-state index contributed by atoms with van der Waals surface area (Å²) in [6.45, 7) is 0.696. The van der Waals surface area contributed by atoms with Crippen molar-refractivity contribution in [3.8, 4) is 0 Å². The second-order valence-electron chi connectivity index (χ2n) is 6.95. The average molecular weight is 383 g/mol. The lowest BCUT2D eigenvalue weighted by Crippen LogP contribution is -2.52. The predicted octanol–water partition coefficient (Wildman–Crippen LogP) is 1.93. The molecular formula is C20H21N3O3S. The Balaban J connectivity index is 1.47. The molecule has 1 saturated heterocycles. The van der Waals surface area contributed by atoms with Crippen molar-refractivity contribution in [2.45, 2.75) is 24.3 Å². The van der Waals surface area contributed by atoms with Crippen molar-refractivity contribution < 1.29 is 13.2 Å². The van der Waals surface area contributed by atoms with Gasteiger partial charge in [-0.05, 0) is 5.56 Å². The molecule has 7 heteroatoms. The molecule has 0 aromatic heterocycles. The molecule has 0 radical (unpaired) electrons.